The molecule has 3 aromatic heterocycles. The van der Waals surface area contributed by atoms with Gasteiger partial charge in [0.15, 0.2) is 5.82 Å². The molecule has 0 spiro atoms. The van der Waals surface area contributed by atoms with Gasteiger partial charge in [-0.05, 0) is 23.6 Å². The number of rotatable bonds is 1. The van der Waals surface area contributed by atoms with Gasteiger partial charge in [-0.2, -0.15) is 0 Å². The molecule has 2 aromatic carbocycles. The van der Waals surface area contributed by atoms with Gasteiger partial charge in [0.05, 0.1) is 11.0 Å². The molecule has 108 valence electrons. The van der Waals surface area contributed by atoms with E-state index in [0.29, 0.717) is 0 Å². The van der Waals surface area contributed by atoms with Crippen molar-refractivity contribution in [3.63, 3.8) is 0 Å². The number of nitrogens with zero attached hydrogens (tertiary/aromatic N) is 3. The molecule has 4 nitrogen and oxygen atoms in total. The Bertz CT molecular complexity index is 1170. The Labute approximate surface area is 131 Å². The Kier molecular flexibility index (Phi) is 2.46. The van der Waals surface area contributed by atoms with Crippen LogP contribution in [-0.4, -0.2) is 19.9 Å². The molecular weight excluding hydrogens is 284 g/mol. The van der Waals surface area contributed by atoms with Crippen molar-refractivity contribution in [2.45, 2.75) is 0 Å². The second kappa shape index (κ2) is 4.61. The fraction of sp³-hybridized carbons (Fsp3) is 0. The minimum Gasteiger partial charge on any atom is -0.337 e. The van der Waals surface area contributed by atoms with E-state index in [1.165, 1.54) is 0 Å². The number of aromatic nitrogens is 4. The average molecular weight is 296 g/mol. The van der Waals surface area contributed by atoms with Gasteiger partial charge < -0.3 is 4.98 Å². The lowest BCUT2D eigenvalue weighted by Crippen LogP contribution is -1.86. The van der Waals surface area contributed by atoms with Crippen LogP contribution in [0, 0.1) is 0 Å². The predicted molar refractivity (Wildman–Crippen MR) is 92.1 cm³/mol. The topological polar surface area (TPSA) is 54.5 Å². The van der Waals surface area contributed by atoms with Gasteiger partial charge in [-0.15, -0.1) is 0 Å². The SMILES string of the molecule is c1ccc2cc(-c3nc4c(ccc5cccnc54)[nH]3)ncc2c1. The van der Waals surface area contributed by atoms with E-state index in [0.717, 1.165) is 44.2 Å². The molecule has 0 bridgehead atoms. The molecule has 0 aliphatic heterocycles. The number of fused-ring (bicyclic) bond motifs is 4. The summed E-state index contributed by atoms with van der Waals surface area (Å²) in [5.41, 5.74) is 3.60. The molecule has 1 N–H and O–H groups in total. The van der Waals surface area contributed by atoms with Crippen molar-refractivity contribution in [2.24, 2.45) is 0 Å². The number of aromatic amines is 1. The lowest BCUT2D eigenvalue weighted by Gasteiger charge is -1.99. The minimum atomic E-state index is 0.768. The van der Waals surface area contributed by atoms with Crippen LogP contribution in [0.5, 0.6) is 0 Å². The fourth-order valence-corrected chi connectivity index (χ4v) is 2.95. The van der Waals surface area contributed by atoms with Crippen LogP contribution in [0.15, 0.2) is 67.0 Å². The van der Waals surface area contributed by atoms with Crippen LogP contribution in [0.25, 0.3) is 44.2 Å². The van der Waals surface area contributed by atoms with Crippen molar-refractivity contribution in [2.75, 3.05) is 0 Å². The second-order valence-corrected chi connectivity index (χ2v) is 5.54. The normalized spacial score (nSPS) is 11.5. The Morgan fingerprint density at radius 2 is 1.61 bits per heavy atom. The van der Waals surface area contributed by atoms with Gasteiger partial charge >= 0.3 is 0 Å². The third-order valence-corrected chi connectivity index (χ3v) is 4.10. The monoisotopic (exact) mass is 296 g/mol. The Hall–Kier alpha value is -3.27. The highest BCUT2D eigenvalue weighted by atomic mass is 15.0. The minimum absolute atomic E-state index is 0.768. The van der Waals surface area contributed by atoms with Gasteiger partial charge in [0.2, 0.25) is 0 Å². The van der Waals surface area contributed by atoms with Gasteiger partial charge in [-0.3, -0.25) is 9.97 Å². The Morgan fingerprint density at radius 3 is 2.57 bits per heavy atom. The molecule has 0 aliphatic carbocycles. The first-order valence-corrected chi connectivity index (χ1v) is 7.47. The molecular formula is C19H12N4. The summed E-state index contributed by atoms with van der Waals surface area (Å²) < 4.78 is 0. The standard InChI is InChI=1S/C19H12N4/c1-2-5-14-11-21-16(10-13(14)4-1)19-22-15-8-7-12-6-3-9-20-17(12)18(15)23-19/h1-11H,(H,22,23). The van der Waals surface area contributed by atoms with Crippen LogP contribution in [0.4, 0.5) is 0 Å². The summed E-state index contributed by atoms with van der Waals surface area (Å²) >= 11 is 0. The summed E-state index contributed by atoms with van der Waals surface area (Å²) in [5.74, 6) is 0.768. The molecule has 3 heterocycles. The molecule has 5 rings (SSSR count). The van der Waals surface area contributed by atoms with E-state index in [9.17, 15) is 0 Å². The highest BCUT2D eigenvalue weighted by molar-refractivity contribution is 6.02. The van der Waals surface area contributed by atoms with E-state index in [1.54, 1.807) is 6.20 Å². The predicted octanol–water partition coefficient (Wildman–Crippen LogP) is 4.33. The van der Waals surface area contributed by atoms with Crippen molar-refractivity contribution < 1.29 is 0 Å². The smallest absolute Gasteiger partial charge is 0.157 e. The number of H-pyrrole nitrogens is 1. The lowest BCUT2D eigenvalue weighted by molar-refractivity contribution is 1.25. The summed E-state index contributed by atoms with van der Waals surface area (Å²) in [6, 6.07) is 18.3. The van der Waals surface area contributed by atoms with E-state index >= 15 is 0 Å². The van der Waals surface area contributed by atoms with E-state index in [4.69, 9.17) is 4.98 Å². The van der Waals surface area contributed by atoms with Crippen LogP contribution in [0.1, 0.15) is 0 Å². The van der Waals surface area contributed by atoms with Crippen molar-refractivity contribution in [1.82, 2.24) is 19.9 Å². The van der Waals surface area contributed by atoms with Gasteiger partial charge in [0.1, 0.15) is 11.2 Å². The maximum Gasteiger partial charge on any atom is 0.157 e. The van der Waals surface area contributed by atoms with Crippen LogP contribution in [-0.2, 0) is 0 Å². The molecule has 0 fully saturated rings. The maximum atomic E-state index is 4.74. The molecule has 23 heavy (non-hydrogen) atoms. The first-order chi connectivity index (χ1) is 11.4. The molecule has 0 aliphatic rings. The zero-order valence-electron chi connectivity index (χ0n) is 12.2. The molecule has 0 radical (unpaired) electrons. The summed E-state index contributed by atoms with van der Waals surface area (Å²) in [4.78, 5) is 17.1. The number of hydrogen-bond acceptors (Lipinski definition) is 3. The Balaban J connectivity index is 1.76. The summed E-state index contributed by atoms with van der Waals surface area (Å²) in [6.45, 7) is 0. The molecule has 0 saturated heterocycles. The molecule has 4 heteroatoms. The highest BCUT2D eigenvalue weighted by Crippen LogP contribution is 2.26. The van der Waals surface area contributed by atoms with E-state index in [-0.39, 0.29) is 0 Å². The third-order valence-electron chi connectivity index (χ3n) is 4.10. The largest absolute Gasteiger partial charge is 0.337 e. The van der Waals surface area contributed by atoms with Crippen LogP contribution >= 0.6 is 0 Å². The summed E-state index contributed by atoms with van der Waals surface area (Å²) in [6.07, 6.45) is 3.68. The van der Waals surface area contributed by atoms with Crippen molar-refractivity contribution >= 4 is 32.7 Å². The molecule has 0 saturated carbocycles. The van der Waals surface area contributed by atoms with Crippen LogP contribution < -0.4 is 0 Å². The number of hydrogen-bond donors (Lipinski definition) is 1. The maximum absolute atomic E-state index is 4.74. The van der Waals surface area contributed by atoms with Crippen LogP contribution in [0.2, 0.25) is 0 Å². The average Bonchev–Trinajstić information content (AvgIpc) is 3.06. The molecule has 0 unspecified atom stereocenters. The number of nitrogens with one attached hydrogen (secondary N) is 1. The van der Waals surface area contributed by atoms with Gasteiger partial charge in [-0.1, -0.05) is 36.4 Å². The Morgan fingerprint density at radius 1 is 0.739 bits per heavy atom. The molecule has 0 amide bonds. The van der Waals surface area contributed by atoms with Crippen molar-refractivity contribution in [1.29, 1.82) is 0 Å². The van der Waals surface area contributed by atoms with Gasteiger partial charge in [-0.25, -0.2) is 4.98 Å². The van der Waals surface area contributed by atoms with E-state index in [2.05, 4.69) is 39.2 Å². The quantitative estimate of drug-likeness (QED) is 0.501. The zero-order valence-corrected chi connectivity index (χ0v) is 12.2. The lowest BCUT2D eigenvalue weighted by atomic mass is 10.1. The van der Waals surface area contributed by atoms with Crippen molar-refractivity contribution in [3.05, 3.63) is 67.0 Å². The number of benzene rings is 2. The first kappa shape index (κ1) is 12.3. The number of imidazole rings is 1. The third kappa shape index (κ3) is 1.89. The van der Waals surface area contributed by atoms with Crippen molar-refractivity contribution in [3.8, 4) is 11.5 Å². The van der Waals surface area contributed by atoms with Gasteiger partial charge in [0.25, 0.3) is 0 Å². The highest BCUT2D eigenvalue weighted by Gasteiger charge is 2.10. The first-order valence-electron chi connectivity index (χ1n) is 7.47. The molecule has 5 aromatic rings. The van der Waals surface area contributed by atoms with Gasteiger partial charge in [0, 0.05) is 23.2 Å². The zero-order chi connectivity index (χ0) is 15.2. The fourth-order valence-electron chi connectivity index (χ4n) is 2.95. The van der Waals surface area contributed by atoms with E-state index in [1.807, 2.05) is 36.5 Å². The summed E-state index contributed by atoms with van der Waals surface area (Å²) in [5, 5.41) is 3.37. The summed E-state index contributed by atoms with van der Waals surface area (Å²) in [7, 11) is 0. The van der Waals surface area contributed by atoms with E-state index < -0.39 is 0 Å². The van der Waals surface area contributed by atoms with Crippen LogP contribution in [0.3, 0.4) is 0 Å². The second-order valence-electron chi connectivity index (χ2n) is 5.54. The number of pyridine rings is 2. The molecule has 0 atom stereocenters.